The Labute approximate surface area is 95.1 Å². The van der Waals surface area contributed by atoms with E-state index < -0.39 is 0 Å². The van der Waals surface area contributed by atoms with Crippen molar-refractivity contribution in [1.29, 1.82) is 0 Å². The van der Waals surface area contributed by atoms with Crippen LogP contribution in [0.25, 0.3) is 0 Å². The largest absolute Gasteiger partial charge is 0.398 e. The highest BCUT2D eigenvalue weighted by Gasteiger charge is 2.00. The number of nitrogen functional groups attached to an aromatic ring is 1. The molecule has 84 valence electrons. The number of nitrogens with two attached hydrogens (primary N) is 1. The molecule has 0 saturated carbocycles. The minimum Gasteiger partial charge on any atom is -0.398 e. The maximum absolute atomic E-state index is 5.84. The fraction of sp³-hybridized carbons (Fsp3) is 0.455. The SMILES string of the molecule is CCOCCOCc1cc(Cl)ccc1N. The molecule has 4 heteroatoms. The third-order valence-corrected chi connectivity index (χ3v) is 2.17. The van der Waals surface area contributed by atoms with Crippen molar-refractivity contribution in [2.45, 2.75) is 13.5 Å². The Hall–Kier alpha value is -0.770. The molecule has 0 saturated heterocycles. The third-order valence-electron chi connectivity index (χ3n) is 1.94. The van der Waals surface area contributed by atoms with Crippen molar-refractivity contribution in [3.05, 3.63) is 28.8 Å². The minimum atomic E-state index is 0.472. The van der Waals surface area contributed by atoms with Gasteiger partial charge in [0.2, 0.25) is 0 Å². The number of halogens is 1. The van der Waals surface area contributed by atoms with Gasteiger partial charge in [-0.3, -0.25) is 0 Å². The molecule has 0 spiro atoms. The summed E-state index contributed by atoms with van der Waals surface area (Å²) in [5.41, 5.74) is 7.38. The maximum atomic E-state index is 5.84. The van der Waals surface area contributed by atoms with Crippen molar-refractivity contribution in [1.82, 2.24) is 0 Å². The van der Waals surface area contributed by atoms with E-state index in [-0.39, 0.29) is 0 Å². The van der Waals surface area contributed by atoms with E-state index in [4.69, 9.17) is 26.8 Å². The van der Waals surface area contributed by atoms with Gasteiger partial charge in [0.1, 0.15) is 0 Å². The van der Waals surface area contributed by atoms with Gasteiger partial charge in [0.05, 0.1) is 19.8 Å². The zero-order chi connectivity index (χ0) is 11.1. The Balaban J connectivity index is 2.33. The van der Waals surface area contributed by atoms with Crippen LogP contribution < -0.4 is 5.73 Å². The molecule has 15 heavy (non-hydrogen) atoms. The summed E-state index contributed by atoms with van der Waals surface area (Å²) in [6, 6.07) is 5.36. The lowest BCUT2D eigenvalue weighted by Gasteiger charge is -2.07. The van der Waals surface area contributed by atoms with E-state index in [1.807, 2.05) is 13.0 Å². The molecule has 1 aromatic carbocycles. The molecular weight excluding hydrogens is 214 g/mol. The van der Waals surface area contributed by atoms with Crippen molar-refractivity contribution in [3.8, 4) is 0 Å². The molecular formula is C11H16ClNO2. The zero-order valence-electron chi connectivity index (χ0n) is 8.83. The van der Waals surface area contributed by atoms with Crippen LogP contribution in [0.2, 0.25) is 5.02 Å². The summed E-state index contributed by atoms with van der Waals surface area (Å²) in [7, 11) is 0. The van der Waals surface area contributed by atoms with Crippen LogP contribution in [0.3, 0.4) is 0 Å². The van der Waals surface area contributed by atoms with Crippen LogP contribution in [-0.2, 0) is 16.1 Å². The number of benzene rings is 1. The van der Waals surface area contributed by atoms with Crippen LogP contribution in [0, 0.1) is 0 Å². The van der Waals surface area contributed by atoms with E-state index in [9.17, 15) is 0 Å². The second kappa shape index (κ2) is 6.67. The number of anilines is 1. The first-order valence-electron chi connectivity index (χ1n) is 4.93. The normalized spacial score (nSPS) is 10.5. The zero-order valence-corrected chi connectivity index (χ0v) is 9.59. The van der Waals surface area contributed by atoms with Gasteiger partial charge in [-0.2, -0.15) is 0 Å². The van der Waals surface area contributed by atoms with E-state index in [2.05, 4.69) is 0 Å². The van der Waals surface area contributed by atoms with Crippen molar-refractivity contribution in [2.75, 3.05) is 25.6 Å². The van der Waals surface area contributed by atoms with Crippen molar-refractivity contribution >= 4 is 17.3 Å². The Morgan fingerprint density at radius 3 is 2.73 bits per heavy atom. The Morgan fingerprint density at radius 1 is 1.27 bits per heavy atom. The molecule has 0 amide bonds. The summed E-state index contributed by atoms with van der Waals surface area (Å²) in [4.78, 5) is 0. The van der Waals surface area contributed by atoms with Gasteiger partial charge in [-0.1, -0.05) is 11.6 Å². The molecule has 0 radical (unpaired) electrons. The van der Waals surface area contributed by atoms with Gasteiger partial charge in [0.25, 0.3) is 0 Å². The van der Waals surface area contributed by atoms with E-state index in [0.717, 1.165) is 5.56 Å². The molecule has 0 heterocycles. The number of hydrogen-bond acceptors (Lipinski definition) is 3. The van der Waals surface area contributed by atoms with Gasteiger partial charge < -0.3 is 15.2 Å². The van der Waals surface area contributed by atoms with Crippen LogP contribution in [0.15, 0.2) is 18.2 Å². The highest BCUT2D eigenvalue weighted by molar-refractivity contribution is 6.30. The molecule has 0 atom stereocenters. The lowest BCUT2D eigenvalue weighted by atomic mass is 10.2. The van der Waals surface area contributed by atoms with E-state index in [1.54, 1.807) is 12.1 Å². The van der Waals surface area contributed by atoms with Crippen LogP contribution in [0.4, 0.5) is 5.69 Å². The lowest BCUT2D eigenvalue weighted by Crippen LogP contribution is -2.05. The second-order valence-electron chi connectivity index (χ2n) is 3.09. The van der Waals surface area contributed by atoms with Crippen molar-refractivity contribution in [2.24, 2.45) is 0 Å². The molecule has 0 aromatic heterocycles. The predicted molar refractivity (Wildman–Crippen MR) is 62.0 cm³/mol. The second-order valence-corrected chi connectivity index (χ2v) is 3.53. The summed E-state index contributed by atoms with van der Waals surface area (Å²) in [5.74, 6) is 0. The third kappa shape index (κ3) is 4.51. The highest BCUT2D eigenvalue weighted by atomic mass is 35.5. The molecule has 0 fully saturated rings. The van der Waals surface area contributed by atoms with Gasteiger partial charge in [0.15, 0.2) is 0 Å². The van der Waals surface area contributed by atoms with Crippen LogP contribution in [0.1, 0.15) is 12.5 Å². The van der Waals surface area contributed by atoms with Crippen LogP contribution >= 0.6 is 11.6 Å². The van der Waals surface area contributed by atoms with Gasteiger partial charge in [-0.15, -0.1) is 0 Å². The molecule has 3 nitrogen and oxygen atoms in total. The Morgan fingerprint density at radius 2 is 2.00 bits per heavy atom. The Kier molecular flexibility index (Phi) is 5.47. The number of ether oxygens (including phenoxy) is 2. The van der Waals surface area contributed by atoms with Crippen molar-refractivity contribution in [3.63, 3.8) is 0 Å². The van der Waals surface area contributed by atoms with Gasteiger partial charge >= 0.3 is 0 Å². The van der Waals surface area contributed by atoms with Crippen molar-refractivity contribution < 1.29 is 9.47 Å². The van der Waals surface area contributed by atoms with Gasteiger partial charge in [-0.05, 0) is 25.1 Å². The van der Waals surface area contributed by atoms with E-state index >= 15 is 0 Å². The van der Waals surface area contributed by atoms with Crippen LogP contribution in [-0.4, -0.2) is 19.8 Å². The topological polar surface area (TPSA) is 44.5 Å². The monoisotopic (exact) mass is 229 g/mol. The van der Waals surface area contributed by atoms with Gasteiger partial charge in [0, 0.05) is 22.9 Å². The van der Waals surface area contributed by atoms with Gasteiger partial charge in [-0.25, -0.2) is 0 Å². The smallest absolute Gasteiger partial charge is 0.0738 e. The quantitative estimate of drug-likeness (QED) is 0.602. The summed E-state index contributed by atoms with van der Waals surface area (Å²) < 4.78 is 10.5. The summed E-state index contributed by atoms with van der Waals surface area (Å²) >= 11 is 5.84. The molecule has 0 aliphatic heterocycles. The van der Waals surface area contributed by atoms with E-state index in [1.165, 1.54) is 0 Å². The minimum absolute atomic E-state index is 0.472. The summed E-state index contributed by atoms with van der Waals surface area (Å²) in [5, 5.41) is 0.674. The van der Waals surface area contributed by atoms with Crippen LogP contribution in [0.5, 0.6) is 0 Å². The maximum Gasteiger partial charge on any atom is 0.0738 e. The fourth-order valence-electron chi connectivity index (χ4n) is 1.14. The average Bonchev–Trinajstić information content (AvgIpc) is 2.23. The summed E-state index contributed by atoms with van der Waals surface area (Å²) in [6.07, 6.45) is 0. The predicted octanol–water partition coefficient (Wildman–Crippen LogP) is 2.48. The molecule has 2 N–H and O–H groups in total. The highest BCUT2D eigenvalue weighted by Crippen LogP contribution is 2.18. The molecule has 0 unspecified atom stereocenters. The average molecular weight is 230 g/mol. The molecule has 1 rings (SSSR count). The summed E-state index contributed by atoms with van der Waals surface area (Å²) in [6.45, 7) is 4.31. The molecule has 1 aromatic rings. The molecule has 0 aliphatic carbocycles. The first-order chi connectivity index (χ1) is 7.24. The molecule has 0 aliphatic rings. The lowest BCUT2D eigenvalue weighted by molar-refractivity contribution is 0.0455. The van der Waals surface area contributed by atoms with E-state index in [0.29, 0.717) is 37.1 Å². The number of rotatable bonds is 6. The first-order valence-corrected chi connectivity index (χ1v) is 5.31. The number of hydrogen-bond donors (Lipinski definition) is 1. The fourth-order valence-corrected chi connectivity index (χ4v) is 1.34. The standard InChI is InChI=1S/C11H16ClNO2/c1-2-14-5-6-15-8-9-7-10(12)3-4-11(9)13/h3-4,7H,2,5-6,8,13H2,1H3. The molecule has 0 bridgehead atoms. The Bertz CT molecular complexity index is 305. The first kappa shape index (κ1) is 12.3.